The second-order valence-corrected chi connectivity index (χ2v) is 8.57. The van der Waals surface area contributed by atoms with Gasteiger partial charge in [0.1, 0.15) is 12.0 Å². The molecule has 9 heteroatoms. The van der Waals surface area contributed by atoms with Gasteiger partial charge in [0, 0.05) is 4.47 Å². The van der Waals surface area contributed by atoms with Crippen LogP contribution in [0.5, 0.6) is 0 Å². The van der Waals surface area contributed by atoms with Crippen LogP contribution in [-0.2, 0) is 15.8 Å². The number of imide groups is 1. The van der Waals surface area contributed by atoms with Crippen molar-refractivity contribution in [2.75, 3.05) is 9.91 Å². The molecule has 5 nitrogen and oxygen atoms in total. The van der Waals surface area contributed by atoms with Crippen LogP contribution in [0.3, 0.4) is 0 Å². The van der Waals surface area contributed by atoms with Crippen molar-refractivity contribution in [3.05, 3.63) is 94.5 Å². The minimum absolute atomic E-state index is 0.114. The molecule has 2 atom stereocenters. The lowest BCUT2D eigenvalue weighted by Gasteiger charge is -2.22. The van der Waals surface area contributed by atoms with Crippen LogP contribution in [0.25, 0.3) is 0 Å². The van der Waals surface area contributed by atoms with Gasteiger partial charge < -0.3 is 0 Å². The van der Waals surface area contributed by atoms with E-state index in [1.165, 1.54) is 17.1 Å². The van der Waals surface area contributed by atoms with Crippen molar-refractivity contribution in [1.82, 2.24) is 0 Å². The lowest BCUT2D eigenvalue weighted by Crippen LogP contribution is -2.39. The molecule has 2 aliphatic rings. The van der Waals surface area contributed by atoms with E-state index in [0.29, 0.717) is 17.0 Å². The first kappa shape index (κ1) is 21.4. The van der Waals surface area contributed by atoms with Crippen molar-refractivity contribution < 1.29 is 22.8 Å². The highest BCUT2D eigenvalue weighted by Crippen LogP contribution is 2.40. The van der Waals surface area contributed by atoms with Gasteiger partial charge in [0.15, 0.2) is 0 Å². The van der Waals surface area contributed by atoms with E-state index in [4.69, 9.17) is 0 Å². The molecule has 2 aliphatic heterocycles. The molecule has 1 saturated heterocycles. The van der Waals surface area contributed by atoms with Crippen LogP contribution in [-0.4, -0.2) is 23.6 Å². The molecule has 0 unspecified atom stereocenters. The number of fused-ring (bicyclic) bond motifs is 1. The molecule has 3 aromatic carbocycles. The Kier molecular flexibility index (Phi) is 5.08. The summed E-state index contributed by atoms with van der Waals surface area (Å²) in [7, 11) is 0. The number of carbonyl (C=O) groups is 2. The van der Waals surface area contributed by atoms with Gasteiger partial charge in [0.05, 0.1) is 22.6 Å². The van der Waals surface area contributed by atoms with E-state index < -0.39 is 35.5 Å². The first-order chi connectivity index (χ1) is 15.8. The molecule has 0 spiro atoms. The molecule has 0 saturated carbocycles. The standard InChI is InChI=1S/C24H15BrF3N3O2/c25-16-11-9-14(10-12-16)20-19-21(31(29-20)17-6-2-1-3-7-17)23(33)30(22(19)32)18-8-4-5-15(13-18)24(26,27)28/h1-13,19,21H/t19-,21-/m1/s1. The zero-order valence-electron chi connectivity index (χ0n) is 16.8. The minimum Gasteiger partial charge on any atom is -0.273 e. The number of benzene rings is 3. The highest BCUT2D eigenvalue weighted by molar-refractivity contribution is 9.10. The smallest absolute Gasteiger partial charge is 0.273 e. The topological polar surface area (TPSA) is 53.0 Å². The summed E-state index contributed by atoms with van der Waals surface area (Å²) < 4.78 is 40.6. The molecule has 5 rings (SSSR count). The summed E-state index contributed by atoms with van der Waals surface area (Å²) in [6.07, 6.45) is -4.60. The molecule has 33 heavy (non-hydrogen) atoms. The number of carbonyl (C=O) groups excluding carboxylic acids is 2. The maximum atomic E-state index is 13.5. The number of rotatable bonds is 3. The zero-order valence-corrected chi connectivity index (χ0v) is 18.4. The maximum Gasteiger partial charge on any atom is 0.416 e. The molecular weight excluding hydrogens is 499 g/mol. The van der Waals surface area contributed by atoms with Crippen molar-refractivity contribution in [3.8, 4) is 0 Å². The average Bonchev–Trinajstić information content (AvgIpc) is 3.31. The van der Waals surface area contributed by atoms with E-state index in [-0.39, 0.29) is 5.69 Å². The molecule has 0 aromatic heterocycles. The molecule has 0 N–H and O–H groups in total. The number of halogens is 4. The molecule has 3 aromatic rings. The van der Waals surface area contributed by atoms with Crippen LogP contribution in [0.1, 0.15) is 11.1 Å². The zero-order chi connectivity index (χ0) is 23.3. The Morgan fingerprint density at radius 2 is 1.48 bits per heavy atom. The fraction of sp³-hybridized carbons (Fsp3) is 0.125. The van der Waals surface area contributed by atoms with Gasteiger partial charge in [0.25, 0.3) is 5.91 Å². The molecule has 166 valence electrons. The molecule has 1 fully saturated rings. The summed E-state index contributed by atoms with van der Waals surface area (Å²) in [5, 5.41) is 6.10. The quantitative estimate of drug-likeness (QED) is 0.449. The van der Waals surface area contributed by atoms with Crippen molar-refractivity contribution in [2.45, 2.75) is 12.2 Å². The van der Waals surface area contributed by atoms with Crippen LogP contribution in [0.15, 0.2) is 88.4 Å². The molecule has 0 bridgehead atoms. The third kappa shape index (κ3) is 3.62. The van der Waals surface area contributed by atoms with E-state index in [1.807, 2.05) is 6.07 Å². The summed E-state index contributed by atoms with van der Waals surface area (Å²) in [6.45, 7) is 0. The maximum absolute atomic E-state index is 13.5. The van der Waals surface area contributed by atoms with E-state index >= 15 is 0 Å². The summed E-state index contributed by atoms with van der Waals surface area (Å²) in [6, 6.07) is 19.3. The van der Waals surface area contributed by atoms with Gasteiger partial charge in [-0.15, -0.1) is 0 Å². The van der Waals surface area contributed by atoms with Crippen molar-refractivity contribution in [1.29, 1.82) is 0 Å². The third-order valence-corrected chi connectivity index (χ3v) is 6.17. The Labute approximate surface area is 195 Å². The summed E-state index contributed by atoms with van der Waals surface area (Å²) in [5.41, 5.74) is 0.603. The molecule has 0 aliphatic carbocycles. The van der Waals surface area contributed by atoms with E-state index in [0.717, 1.165) is 21.5 Å². The predicted molar refractivity (Wildman–Crippen MR) is 121 cm³/mol. The van der Waals surface area contributed by atoms with Gasteiger partial charge in [0.2, 0.25) is 5.91 Å². The number of hydrazone groups is 1. The van der Waals surface area contributed by atoms with Crippen LogP contribution in [0.2, 0.25) is 0 Å². The molecule has 2 amide bonds. The van der Waals surface area contributed by atoms with Gasteiger partial charge >= 0.3 is 6.18 Å². The fourth-order valence-corrected chi connectivity index (χ4v) is 4.41. The largest absolute Gasteiger partial charge is 0.416 e. The van der Waals surface area contributed by atoms with E-state index in [2.05, 4.69) is 21.0 Å². The summed E-state index contributed by atoms with van der Waals surface area (Å²) in [5.74, 6) is -2.18. The molecule has 2 heterocycles. The number of anilines is 2. The van der Waals surface area contributed by atoms with Gasteiger partial charge in [-0.05, 0) is 48.0 Å². The van der Waals surface area contributed by atoms with Crippen molar-refractivity contribution >= 4 is 44.8 Å². The first-order valence-corrected chi connectivity index (χ1v) is 10.8. The lowest BCUT2D eigenvalue weighted by atomic mass is 9.93. The van der Waals surface area contributed by atoms with Gasteiger partial charge in [-0.3, -0.25) is 14.6 Å². The highest BCUT2D eigenvalue weighted by atomic mass is 79.9. The van der Waals surface area contributed by atoms with Crippen LogP contribution in [0.4, 0.5) is 24.5 Å². The van der Waals surface area contributed by atoms with E-state index in [9.17, 15) is 22.8 Å². The monoisotopic (exact) mass is 513 g/mol. The van der Waals surface area contributed by atoms with Crippen LogP contribution < -0.4 is 9.91 Å². The molecule has 0 radical (unpaired) electrons. The number of nitrogens with zero attached hydrogens (tertiary/aromatic N) is 3. The number of para-hydroxylation sites is 1. The Bertz CT molecular complexity index is 1280. The number of hydrogen-bond donors (Lipinski definition) is 0. The summed E-state index contributed by atoms with van der Waals surface area (Å²) in [4.78, 5) is 27.8. The third-order valence-electron chi connectivity index (χ3n) is 5.64. The van der Waals surface area contributed by atoms with E-state index in [1.54, 1.807) is 48.5 Å². The Morgan fingerprint density at radius 3 is 2.15 bits per heavy atom. The second kappa shape index (κ2) is 7.84. The number of hydrogen-bond acceptors (Lipinski definition) is 4. The lowest BCUT2D eigenvalue weighted by molar-refractivity contribution is -0.137. The predicted octanol–water partition coefficient (Wildman–Crippen LogP) is 5.25. The minimum atomic E-state index is -4.60. The first-order valence-electron chi connectivity index (χ1n) is 9.99. The Hall–Kier alpha value is -3.46. The highest BCUT2D eigenvalue weighted by Gasteiger charge is 2.57. The van der Waals surface area contributed by atoms with Crippen LogP contribution in [0, 0.1) is 5.92 Å². The van der Waals surface area contributed by atoms with Gasteiger partial charge in [-0.2, -0.15) is 18.3 Å². The Balaban J connectivity index is 1.62. The number of alkyl halides is 3. The van der Waals surface area contributed by atoms with Crippen LogP contribution >= 0.6 is 15.9 Å². The van der Waals surface area contributed by atoms with Crippen molar-refractivity contribution in [3.63, 3.8) is 0 Å². The Morgan fingerprint density at radius 1 is 0.818 bits per heavy atom. The average molecular weight is 514 g/mol. The normalized spacial score (nSPS) is 20.3. The van der Waals surface area contributed by atoms with Crippen molar-refractivity contribution in [2.24, 2.45) is 11.0 Å². The second-order valence-electron chi connectivity index (χ2n) is 7.65. The summed E-state index contributed by atoms with van der Waals surface area (Å²) >= 11 is 3.37. The van der Waals surface area contributed by atoms with Gasteiger partial charge in [-0.25, -0.2) is 4.90 Å². The fourth-order valence-electron chi connectivity index (χ4n) is 4.14. The SMILES string of the molecule is O=C1[C@@H]2C(c3ccc(Br)cc3)=NN(c3ccccc3)[C@H]2C(=O)N1c1cccc(C(F)(F)F)c1. The molecular formula is C24H15BrF3N3O2. The number of amides is 2. The van der Waals surface area contributed by atoms with Gasteiger partial charge in [-0.1, -0.05) is 52.3 Å².